The Morgan fingerprint density at radius 1 is 1.45 bits per heavy atom. The van der Waals surface area contributed by atoms with E-state index in [9.17, 15) is 0 Å². The third-order valence-electron chi connectivity index (χ3n) is 3.13. The minimum absolute atomic E-state index is 0.427. The standard InChI is InChI=1S/C15H13ClN2OS/c16-11-2-1-3-12(8-11)19-9-14-18-15(10-4-5-10)13(20-14)6-7-17/h1-3,8,10H,4-6,9H2. The molecule has 1 aliphatic carbocycles. The summed E-state index contributed by atoms with van der Waals surface area (Å²) in [6.07, 6.45) is 2.83. The van der Waals surface area contributed by atoms with Gasteiger partial charge in [0.15, 0.2) is 0 Å². The van der Waals surface area contributed by atoms with Crippen LogP contribution in [0, 0.1) is 11.3 Å². The van der Waals surface area contributed by atoms with Gasteiger partial charge in [0, 0.05) is 15.8 Å². The summed E-state index contributed by atoms with van der Waals surface area (Å²) in [6.45, 7) is 0.427. The maximum Gasteiger partial charge on any atom is 0.140 e. The van der Waals surface area contributed by atoms with Crippen LogP contribution in [0.4, 0.5) is 0 Å². The Hall–Kier alpha value is -1.57. The van der Waals surface area contributed by atoms with E-state index in [1.165, 1.54) is 12.8 Å². The molecule has 1 fully saturated rings. The second-order valence-electron chi connectivity index (χ2n) is 4.77. The normalized spacial score (nSPS) is 14.0. The lowest BCUT2D eigenvalue weighted by molar-refractivity contribution is 0.305. The molecular weight excluding hydrogens is 292 g/mol. The number of ether oxygens (including phenoxy) is 1. The van der Waals surface area contributed by atoms with Crippen molar-refractivity contribution in [2.45, 2.75) is 31.8 Å². The van der Waals surface area contributed by atoms with E-state index >= 15 is 0 Å². The van der Waals surface area contributed by atoms with Gasteiger partial charge >= 0.3 is 0 Å². The van der Waals surface area contributed by atoms with E-state index < -0.39 is 0 Å². The molecule has 0 radical (unpaired) electrons. The molecule has 1 aromatic heterocycles. The van der Waals surface area contributed by atoms with Crippen LogP contribution >= 0.6 is 22.9 Å². The van der Waals surface area contributed by atoms with Crippen molar-refractivity contribution >= 4 is 22.9 Å². The molecule has 0 saturated heterocycles. The first-order valence-corrected chi connectivity index (χ1v) is 7.69. The Balaban J connectivity index is 1.71. The van der Waals surface area contributed by atoms with Crippen molar-refractivity contribution in [3.63, 3.8) is 0 Å². The van der Waals surface area contributed by atoms with Crippen molar-refractivity contribution in [1.82, 2.24) is 4.98 Å². The molecule has 1 aromatic carbocycles. The topological polar surface area (TPSA) is 45.9 Å². The Bertz CT molecular complexity index is 658. The zero-order valence-electron chi connectivity index (χ0n) is 10.8. The van der Waals surface area contributed by atoms with E-state index in [1.807, 2.05) is 18.2 Å². The van der Waals surface area contributed by atoms with Gasteiger partial charge in [-0.05, 0) is 31.0 Å². The summed E-state index contributed by atoms with van der Waals surface area (Å²) in [4.78, 5) is 5.73. The number of halogens is 1. The minimum Gasteiger partial charge on any atom is -0.486 e. The number of aromatic nitrogens is 1. The highest BCUT2D eigenvalue weighted by Gasteiger charge is 2.29. The first kappa shape index (κ1) is 13.4. The number of thiazole rings is 1. The molecule has 1 heterocycles. The van der Waals surface area contributed by atoms with Crippen molar-refractivity contribution in [1.29, 1.82) is 5.26 Å². The maximum atomic E-state index is 8.88. The number of nitriles is 1. The summed E-state index contributed by atoms with van der Waals surface area (Å²) in [6, 6.07) is 9.54. The molecule has 3 nitrogen and oxygen atoms in total. The van der Waals surface area contributed by atoms with Crippen LogP contribution < -0.4 is 4.74 Å². The Morgan fingerprint density at radius 2 is 2.30 bits per heavy atom. The molecule has 0 spiro atoms. The molecule has 0 N–H and O–H groups in total. The molecule has 0 unspecified atom stereocenters. The fourth-order valence-corrected chi connectivity index (χ4v) is 3.23. The number of rotatable bonds is 5. The van der Waals surface area contributed by atoms with Gasteiger partial charge in [0.1, 0.15) is 17.4 Å². The van der Waals surface area contributed by atoms with Gasteiger partial charge in [-0.1, -0.05) is 17.7 Å². The maximum absolute atomic E-state index is 8.88. The van der Waals surface area contributed by atoms with E-state index in [0.717, 1.165) is 21.3 Å². The van der Waals surface area contributed by atoms with E-state index in [-0.39, 0.29) is 0 Å². The fraction of sp³-hybridized carbons (Fsp3) is 0.333. The van der Waals surface area contributed by atoms with Crippen molar-refractivity contribution in [3.05, 3.63) is 44.9 Å². The molecule has 20 heavy (non-hydrogen) atoms. The van der Waals surface area contributed by atoms with Crippen LogP contribution in [0.2, 0.25) is 5.02 Å². The molecule has 5 heteroatoms. The summed E-state index contributed by atoms with van der Waals surface area (Å²) >= 11 is 7.50. The van der Waals surface area contributed by atoms with Crippen LogP contribution in [0.5, 0.6) is 5.75 Å². The second kappa shape index (κ2) is 5.82. The number of nitrogens with zero attached hydrogens (tertiary/aromatic N) is 2. The number of benzene rings is 1. The molecule has 3 rings (SSSR count). The summed E-state index contributed by atoms with van der Waals surface area (Å²) < 4.78 is 5.70. The van der Waals surface area contributed by atoms with Crippen molar-refractivity contribution in [2.75, 3.05) is 0 Å². The predicted molar refractivity (Wildman–Crippen MR) is 79.2 cm³/mol. The summed E-state index contributed by atoms with van der Waals surface area (Å²) in [7, 11) is 0. The highest BCUT2D eigenvalue weighted by atomic mass is 35.5. The largest absolute Gasteiger partial charge is 0.486 e. The van der Waals surface area contributed by atoms with Crippen LogP contribution in [0.1, 0.15) is 34.3 Å². The van der Waals surface area contributed by atoms with Gasteiger partial charge in [0.25, 0.3) is 0 Å². The second-order valence-corrected chi connectivity index (χ2v) is 6.38. The minimum atomic E-state index is 0.427. The van der Waals surface area contributed by atoms with Crippen molar-refractivity contribution < 1.29 is 4.74 Å². The van der Waals surface area contributed by atoms with Crippen LogP contribution in [-0.2, 0) is 13.0 Å². The lowest BCUT2D eigenvalue weighted by Gasteiger charge is -2.03. The van der Waals surface area contributed by atoms with E-state index in [4.69, 9.17) is 21.6 Å². The van der Waals surface area contributed by atoms with Gasteiger partial charge in [0.05, 0.1) is 18.2 Å². The third-order valence-corrected chi connectivity index (χ3v) is 4.41. The summed E-state index contributed by atoms with van der Waals surface area (Å²) in [5.74, 6) is 1.30. The van der Waals surface area contributed by atoms with Crippen molar-refractivity contribution in [2.24, 2.45) is 0 Å². The molecule has 0 aliphatic heterocycles. The van der Waals surface area contributed by atoms with E-state index in [2.05, 4.69) is 11.1 Å². The molecule has 102 valence electrons. The first-order chi connectivity index (χ1) is 9.76. The smallest absolute Gasteiger partial charge is 0.140 e. The monoisotopic (exact) mass is 304 g/mol. The van der Waals surface area contributed by atoms with Gasteiger partial charge in [-0.2, -0.15) is 5.26 Å². The molecule has 0 bridgehead atoms. The van der Waals surface area contributed by atoms with Gasteiger partial charge in [-0.15, -0.1) is 11.3 Å². The quantitative estimate of drug-likeness (QED) is 0.826. The van der Waals surface area contributed by atoms with Crippen LogP contribution in [0.25, 0.3) is 0 Å². The molecule has 0 atom stereocenters. The molecule has 0 amide bonds. The highest BCUT2D eigenvalue weighted by Crippen LogP contribution is 2.42. The average molecular weight is 305 g/mol. The first-order valence-electron chi connectivity index (χ1n) is 6.50. The Labute approximate surface area is 126 Å². The highest BCUT2D eigenvalue weighted by molar-refractivity contribution is 7.11. The molecule has 2 aromatic rings. The Morgan fingerprint density at radius 3 is 3.00 bits per heavy atom. The van der Waals surface area contributed by atoms with Crippen molar-refractivity contribution in [3.8, 4) is 11.8 Å². The fourth-order valence-electron chi connectivity index (χ4n) is 2.05. The number of hydrogen-bond acceptors (Lipinski definition) is 4. The molecule has 1 aliphatic rings. The van der Waals surface area contributed by atoms with Gasteiger partial charge in [0.2, 0.25) is 0 Å². The van der Waals surface area contributed by atoms with Crippen LogP contribution in [0.3, 0.4) is 0 Å². The van der Waals surface area contributed by atoms with Crippen LogP contribution in [0.15, 0.2) is 24.3 Å². The third kappa shape index (κ3) is 3.12. The van der Waals surface area contributed by atoms with E-state index in [1.54, 1.807) is 17.4 Å². The summed E-state index contributed by atoms with van der Waals surface area (Å²) in [5, 5.41) is 10.5. The van der Waals surface area contributed by atoms with E-state index in [0.29, 0.717) is 24.0 Å². The molecule has 1 saturated carbocycles. The zero-order chi connectivity index (χ0) is 13.9. The van der Waals surface area contributed by atoms with Gasteiger partial charge < -0.3 is 4.74 Å². The zero-order valence-corrected chi connectivity index (χ0v) is 12.4. The lowest BCUT2D eigenvalue weighted by atomic mass is 10.2. The lowest BCUT2D eigenvalue weighted by Crippen LogP contribution is -1.95. The average Bonchev–Trinajstić information content (AvgIpc) is 3.20. The number of hydrogen-bond donors (Lipinski definition) is 0. The summed E-state index contributed by atoms with van der Waals surface area (Å²) in [5.41, 5.74) is 1.11. The van der Waals surface area contributed by atoms with Crippen LogP contribution in [-0.4, -0.2) is 4.98 Å². The van der Waals surface area contributed by atoms with Gasteiger partial charge in [-0.25, -0.2) is 4.98 Å². The van der Waals surface area contributed by atoms with Gasteiger partial charge in [-0.3, -0.25) is 0 Å². The predicted octanol–water partition coefficient (Wildman–Crippen LogP) is 4.32. The Kier molecular flexibility index (Phi) is 3.90. The SMILES string of the molecule is N#CCc1sc(COc2cccc(Cl)c2)nc1C1CC1. The molecular formula is C15H13ClN2OS.